The quantitative estimate of drug-likeness (QED) is 0.386. The molecule has 1 saturated heterocycles. The number of hydrogen-bond donors (Lipinski definition) is 1. The molecule has 1 aromatic rings. The molecule has 26 heavy (non-hydrogen) atoms. The number of aliphatic imine (C=N–C) groups is 1. The van der Waals surface area contributed by atoms with E-state index in [1.807, 2.05) is 11.8 Å². The van der Waals surface area contributed by atoms with Crippen LogP contribution in [0.1, 0.15) is 31.9 Å². The second-order valence-corrected chi connectivity index (χ2v) is 9.60. The number of hydrogen-bond acceptors (Lipinski definition) is 4. The summed E-state index contributed by atoms with van der Waals surface area (Å²) in [6, 6.07) is 8.26. The molecule has 1 aromatic carbocycles. The molecule has 1 N–H and O–H groups in total. The van der Waals surface area contributed by atoms with E-state index in [1.165, 1.54) is 0 Å². The first-order valence-electron chi connectivity index (χ1n) is 8.62. The van der Waals surface area contributed by atoms with Crippen LogP contribution in [0.15, 0.2) is 29.3 Å². The smallest absolute Gasteiger partial charge is 0.193 e. The highest BCUT2D eigenvalue weighted by atomic mass is 127. The van der Waals surface area contributed by atoms with Crippen molar-refractivity contribution in [2.75, 3.05) is 32.5 Å². The highest BCUT2D eigenvalue weighted by Gasteiger charge is 2.40. The number of nitrogens with one attached hydrogen (secondary N) is 1. The third-order valence-electron chi connectivity index (χ3n) is 4.50. The van der Waals surface area contributed by atoms with Gasteiger partial charge in [-0.3, -0.25) is 4.99 Å². The van der Waals surface area contributed by atoms with Gasteiger partial charge in [-0.2, -0.15) is 0 Å². The Hall–Kier alpha value is -0.870. The lowest BCUT2D eigenvalue weighted by molar-refractivity contribution is 0.134. The first-order valence-corrected chi connectivity index (χ1v) is 10.3. The fourth-order valence-electron chi connectivity index (χ4n) is 2.81. The van der Waals surface area contributed by atoms with Gasteiger partial charge in [0.05, 0.1) is 17.1 Å². The SMILES string of the molecule is CCOCc1ccc(CNC(=NC)N2CCS(=O)(=O)C(C)(C)C2)cc1.I. The van der Waals surface area contributed by atoms with Gasteiger partial charge in [0.25, 0.3) is 0 Å². The maximum atomic E-state index is 12.1. The lowest BCUT2D eigenvalue weighted by Gasteiger charge is -2.39. The van der Waals surface area contributed by atoms with Crippen LogP contribution in [-0.4, -0.2) is 56.5 Å². The van der Waals surface area contributed by atoms with Gasteiger partial charge in [-0.1, -0.05) is 24.3 Å². The number of benzene rings is 1. The Morgan fingerprint density at radius 3 is 2.42 bits per heavy atom. The molecule has 1 aliphatic heterocycles. The van der Waals surface area contributed by atoms with Crippen molar-refractivity contribution in [3.63, 3.8) is 0 Å². The van der Waals surface area contributed by atoms with Crippen LogP contribution in [0.25, 0.3) is 0 Å². The molecule has 2 rings (SSSR count). The molecular formula is C18H30IN3O3S. The zero-order valence-corrected chi connectivity index (χ0v) is 19.1. The van der Waals surface area contributed by atoms with E-state index in [4.69, 9.17) is 4.74 Å². The first-order chi connectivity index (χ1) is 11.8. The van der Waals surface area contributed by atoms with E-state index in [-0.39, 0.29) is 29.7 Å². The van der Waals surface area contributed by atoms with Crippen molar-refractivity contribution in [3.8, 4) is 0 Å². The van der Waals surface area contributed by atoms with E-state index in [9.17, 15) is 8.42 Å². The molecular weight excluding hydrogens is 465 g/mol. The lowest BCUT2D eigenvalue weighted by atomic mass is 10.1. The Bertz CT molecular complexity index is 703. The number of rotatable bonds is 5. The molecule has 6 nitrogen and oxygen atoms in total. The second-order valence-electron chi connectivity index (χ2n) is 6.85. The van der Waals surface area contributed by atoms with Crippen LogP contribution in [-0.2, 0) is 27.7 Å². The summed E-state index contributed by atoms with van der Waals surface area (Å²) in [5.41, 5.74) is 2.29. The molecule has 1 aliphatic rings. The minimum Gasteiger partial charge on any atom is -0.377 e. The third kappa shape index (κ3) is 5.82. The van der Waals surface area contributed by atoms with E-state index < -0.39 is 14.6 Å². The summed E-state index contributed by atoms with van der Waals surface area (Å²) in [7, 11) is -1.33. The van der Waals surface area contributed by atoms with Gasteiger partial charge < -0.3 is 15.0 Å². The largest absolute Gasteiger partial charge is 0.377 e. The highest BCUT2D eigenvalue weighted by Crippen LogP contribution is 2.23. The number of nitrogens with zero attached hydrogens (tertiary/aromatic N) is 2. The Morgan fingerprint density at radius 1 is 1.27 bits per heavy atom. The number of halogens is 1. The van der Waals surface area contributed by atoms with Gasteiger partial charge in [-0.15, -0.1) is 24.0 Å². The Balaban J connectivity index is 0.00000338. The normalized spacial score (nSPS) is 18.9. The lowest BCUT2D eigenvalue weighted by Crippen LogP contribution is -2.57. The van der Waals surface area contributed by atoms with Gasteiger partial charge >= 0.3 is 0 Å². The van der Waals surface area contributed by atoms with E-state index in [0.29, 0.717) is 32.8 Å². The topological polar surface area (TPSA) is 71.0 Å². The summed E-state index contributed by atoms with van der Waals surface area (Å²) in [6.45, 7) is 8.44. The van der Waals surface area contributed by atoms with Gasteiger partial charge in [-0.05, 0) is 31.9 Å². The zero-order chi connectivity index (χ0) is 18.5. The number of sulfone groups is 1. The van der Waals surface area contributed by atoms with Crippen LogP contribution >= 0.6 is 24.0 Å². The molecule has 0 atom stereocenters. The third-order valence-corrected chi connectivity index (χ3v) is 7.03. The van der Waals surface area contributed by atoms with Crippen molar-refractivity contribution in [2.45, 2.75) is 38.7 Å². The monoisotopic (exact) mass is 495 g/mol. The molecule has 0 unspecified atom stereocenters. The standard InChI is InChI=1S/C18H29N3O3S.HI/c1-5-24-13-16-8-6-15(7-9-16)12-20-17(19-4)21-10-11-25(22,23)18(2,3)14-21;/h6-9H,5,10-14H2,1-4H3,(H,19,20);1H. The van der Waals surface area contributed by atoms with E-state index in [0.717, 1.165) is 17.1 Å². The number of guanidine groups is 1. The van der Waals surface area contributed by atoms with Gasteiger partial charge in [0, 0.05) is 33.3 Å². The van der Waals surface area contributed by atoms with Crippen LogP contribution in [0.2, 0.25) is 0 Å². The maximum Gasteiger partial charge on any atom is 0.193 e. The summed E-state index contributed by atoms with van der Waals surface area (Å²) < 4.78 is 28.9. The van der Waals surface area contributed by atoms with Gasteiger partial charge in [0.15, 0.2) is 15.8 Å². The van der Waals surface area contributed by atoms with Crippen LogP contribution in [0.5, 0.6) is 0 Å². The average molecular weight is 495 g/mol. The predicted molar refractivity (Wildman–Crippen MR) is 117 cm³/mol. The molecule has 1 heterocycles. The minimum absolute atomic E-state index is 0. The Labute approximate surface area is 174 Å². The summed E-state index contributed by atoms with van der Waals surface area (Å²) in [5, 5.41) is 3.33. The van der Waals surface area contributed by atoms with Crippen molar-refractivity contribution in [3.05, 3.63) is 35.4 Å². The van der Waals surface area contributed by atoms with Crippen molar-refractivity contribution >= 4 is 39.8 Å². The van der Waals surface area contributed by atoms with Crippen molar-refractivity contribution in [1.29, 1.82) is 0 Å². The first kappa shape index (κ1) is 23.2. The van der Waals surface area contributed by atoms with Crippen LogP contribution < -0.4 is 5.32 Å². The maximum absolute atomic E-state index is 12.1. The van der Waals surface area contributed by atoms with Crippen molar-refractivity contribution in [2.24, 2.45) is 4.99 Å². The molecule has 0 radical (unpaired) electrons. The summed E-state index contributed by atoms with van der Waals surface area (Å²) >= 11 is 0. The summed E-state index contributed by atoms with van der Waals surface area (Å²) in [5.74, 6) is 0.897. The minimum atomic E-state index is -3.05. The molecule has 148 valence electrons. The molecule has 0 saturated carbocycles. The number of ether oxygens (including phenoxy) is 1. The molecule has 0 amide bonds. The van der Waals surface area contributed by atoms with Gasteiger partial charge in [-0.25, -0.2) is 8.42 Å². The zero-order valence-electron chi connectivity index (χ0n) is 16.0. The molecule has 0 aromatic heterocycles. The Morgan fingerprint density at radius 2 is 1.88 bits per heavy atom. The van der Waals surface area contributed by atoms with Crippen LogP contribution in [0, 0.1) is 0 Å². The molecule has 0 aliphatic carbocycles. The highest BCUT2D eigenvalue weighted by molar-refractivity contribution is 14.0. The molecule has 0 spiro atoms. The van der Waals surface area contributed by atoms with Crippen molar-refractivity contribution in [1.82, 2.24) is 10.2 Å². The summed E-state index contributed by atoms with van der Waals surface area (Å²) in [6.07, 6.45) is 0. The van der Waals surface area contributed by atoms with Gasteiger partial charge in [0.2, 0.25) is 0 Å². The van der Waals surface area contributed by atoms with Crippen molar-refractivity contribution < 1.29 is 13.2 Å². The van der Waals surface area contributed by atoms with E-state index >= 15 is 0 Å². The van der Waals surface area contributed by atoms with Crippen LogP contribution in [0.4, 0.5) is 0 Å². The average Bonchev–Trinajstić information content (AvgIpc) is 2.57. The Kier molecular flexibility index (Phi) is 8.81. The fraction of sp³-hybridized carbons (Fsp3) is 0.611. The van der Waals surface area contributed by atoms with E-state index in [2.05, 4.69) is 34.6 Å². The molecule has 1 fully saturated rings. The molecule has 0 bridgehead atoms. The van der Waals surface area contributed by atoms with Crippen LogP contribution in [0.3, 0.4) is 0 Å². The summed E-state index contributed by atoms with van der Waals surface area (Å²) in [4.78, 5) is 6.33. The predicted octanol–water partition coefficient (Wildman–Crippen LogP) is 2.43. The fourth-order valence-corrected chi connectivity index (χ4v) is 4.18. The van der Waals surface area contributed by atoms with E-state index in [1.54, 1.807) is 20.9 Å². The second kappa shape index (κ2) is 9.89. The van der Waals surface area contributed by atoms with Gasteiger partial charge in [0.1, 0.15) is 0 Å². The molecule has 8 heteroatoms.